The molecule has 1 aliphatic heterocycles. The monoisotopic (exact) mass is 658 g/mol. The molecule has 0 unspecified atom stereocenters. The van der Waals surface area contributed by atoms with Gasteiger partial charge in [-0.05, 0) is 92.5 Å². The van der Waals surface area contributed by atoms with Crippen LogP contribution in [0.4, 0.5) is 11.5 Å². The maximum Gasteiger partial charge on any atom is 0.138 e. The molecule has 5 aromatic rings. The van der Waals surface area contributed by atoms with Crippen molar-refractivity contribution < 1.29 is 0 Å². The Morgan fingerprint density at radius 3 is 2.55 bits per heavy atom. The van der Waals surface area contributed by atoms with Crippen LogP contribution in [0.2, 0.25) is 0 Å². The Morgan fingerprint density at radius 2 is 1.85 bits per heavy atom. The zero-order valence-corrected chi connectivity index (χ0v) is 28.8. The molecular weight excluding hydrogens is 620 g/mol. The lowest BCUT2D eigenvalue weighted by Crippen LogP contribution is -2.39. The van der Waals surface area contributed by atoms with E-state index in [1.165, 1.54) is 21.6 Å². The lowest BCUT2D eigenvalue weighted by atomic mass is 10.0. The molecule has 2 fully saturated rings. The number of nitrogens with one attached hydrogen (secondary N) is 2. The van der Waals surface area contributed by atoms with Gasteiger partial charge in [0, 0.05) is 53.7 Å². The molecule has 238 valence electrons. The minimum absolute atomic E-state index is 0.375. The van der Waals surface area contributed by atoms with Crippen LogP contribution in [-0.2, 0) is 25.9 Å². The number of benzene rings is 2. The van der Waals surface area contributed by atoms with Gasteiger partial charge in [-0.3, -0.25) is 4.90 Å². The maximum atomic E-state index is 10.0. The molecule has 2 aromatic carbocycles. The fourth-order valence-corrected chi connectivity index (χ4v) is 8.08. The lowest BCUT2D eigenvalue weighted by Gasteiger charge is -2.33. The molecule has 1 aliphatic carbocycles. The molecule has 2 aliphatic rings. The smallest absolute Gasteiger partial charge is 0.138 e. The molecule has 47 heavy (non-hydrogen) atoms. The number of aromatic nitrogens is 3. The second kappa shape index (κ2) is 13.1. The fraction of sp³-hybridized carbons (Fsp3) is 0.378. The van der Waals surface area contributed by atoms with Gasteiger partial charge in [-0.2, -0.15) is 10.5 Å². The minimum atomic E-state index is -0.375. The summed E-state index contributed by atoms with van der Waals surface area (Å²) in [7, 11) is 3.63. The number of piperidine rings is 1. The summed E-state index contributed by atoms with van der Waals surface area (Å²) < 4.78 is 2.16. The largest absolute Gasteiger partial charge is 0.367 e. The normalized spacial score (nSPS) is 16.2. The van der Waals surface area contributed by atoms with Crippen molar-refractivity contribution in [1.29, 1.82) is 10.5 Å². The van der Waals surface area contributed by atoms with Gasteiger partial charge in [-0.15, -0.1) is 11.3 Å². The van der Waals surface area contributed by atoms with Crippen LogP contribution in [-0.4, -0.2) is 44.0 Å². The first-order chi connectivity index (χ1) is 22.9. The molecule has 0 bridgehead atoms. The van der Waals surface area contributed by atoms with Crippen LogP contribution in [0.5, 0.6) is 0 Å². The van der Waals surface area contributed by atoms with E-state index in [0.29, 0.717) is 11.7 Å². The van der Waals surface area contributed by atoms with Crippen molar-refractivity contribution in [3.05, 3.63) is 82.1 Å². The van der Waals surface area contributed by atoms with Crippen LogP contribution in [0, 0.1) is 35.0 Å². The number of thiophene rings is 1. The van der Waals surface area contributed by atoms with Crippen molar-refractivity contribution in [3.63, 3.8) is 0 Å². The highest BCUT2D eigenvalue weighted by atomic mass is 32.1. The van der Waals surface area contributed by atoms with Gasteiger partial charge in [0.1, 0.15) is 34.2 Å². The third-order valence-electron chi connectivity index (χ3n) is 9.92. The van der Waals surface area contributed by atoms with E-state index in [9.17, 15) is 10.5 Å². The van der Waals surface area contributed by atoms with Crippen LogP contribution >= 0.6 is 20.2 Å². The summed E-state index contributed by atoms with van der Waals surface area (Å²) in [6, 6.07) is 22.3. The van der Waals surface area contributed by atoms with E-state index in [4.69, 9.17) is 0 Å². The maximum absolute atomic E-state index is 10.0. The number of nitrogens with zero attached hydrogens (tertiary/aromatic N) is 6. The van der Waals surface area contributed by atoms with E-state index in [1.807, 2.05) is 0 Å². The minimum Gasteiger partial charge on any atom is -0.367 e. The molecule has 0 spiro atoms. The number of rotatable bonds is 11. The highest BCUT2D eigenvalue weighted by Crippen LogP contribution is 2.46. The topological polar surface area (TPSA) is 106 Å². The predicted octanol–water partition coefficient (Wildman–Crippen LogP) is 7.70. The summed E-state index contributed by atoms with van der Waals surface area (Å²) >= 11 is 1.76. The first kappa shape index (κ1) is 31.3. The number of hydrogen-bond acceptors (Lipinski definition) is 7. The Hall–Kier alpha value is -4.27. The van der Waals surface area contributed by atoms with Gasteiger partial charge in [-0.25, -0.2) is 9.97 Å². The Morgan fingerprint density at radius 1 is 1.06 bits per heavy atom. The zero-order valence-electron chi connectivity index (χ0n) is 26.9. The van der Waals surface area contributed by atoms with E-state index in [1.54, 1.807) is 17.7 Å². The molecule has 1 saturated heterocycles. The van der Waals surface area contributed by atoms with Gasteiger partial charge in [0.2, 0.25) is 0 Å². The highest BCUT2D eigenvalue weighted by molar-refractivity contribution is 7.22. The number of nitriles is 2. The van der Waals surface area contributed by atoms with Crippen molar-refractivity contribution in [2.24, 2.45) is 5.41 Å². The van der Waals surface area contributed by atoms with E-state index in [0.717, 1.165) is 103 Å². The molecule has 3 aromatic heterocycles. The predicted molar refractivity (Wildman–Crippen MR) is 194 cm³/mol. The van der Waals surface area contributed by atoms with E-state index in [2.05, 4.69) is 113 Å². The van der Waals surface area contributed by atoms with Crippen molar-refractivity contribution in [3.8, 4) is 12.1 Å². The van der Waals surface area contributed by atoms with Gasteiger partial charge in [0.05, 0.1) is 16.9 Å². The van der Waals surface area contributed by atoms with Crippen molar-refractivity contribution in [2.45, 2.75) is 71.5 Å². The number of likely N-dealkylation sites (tertiary alicyclic amines) is 1. The molecule has 1 saturated carbocycles. The summed E-state index contributed by atoms with van der Waals surface area (Å²) in [5.74, 6) is 0.961. The van der Waals surface area contributed by atoms with E-state index >= 15 is 0 Å². The SMILES string of the molecule is CCc1cc2c(NC3CCN(Cc4ccc5c(cc(C#N)n5CCc5ccc(NC(=P)C6(C#N)CC6)cc5)c4C)CC3)ncnc2s1. The number of hydrogen-bond donors (Lipinski definition) is 2. The standard InChI is InChI=1S/C37H39N8PS/c1-3-30-19-32-34(40-23-41-35(32)47-30)42-28-11-15-44(16-12-28)21-26-6-9-33-31(24(26)2)18-29(20-38)45(33)17-10-25-4-7-27(8-5-25)43-36(46)37(22-39)13-14-37/h4-9,18-19,23,28,43,46H,3,10-17,21H2,1-2H3,(H,40,41,42). The van der Waals surface area contributed by atoms with Gasteiger partial charge >= 0.3 is 0 Å². The molecule has 8 nitrogen and oxygen atoms in total. The van der Waals surface area contributed by atoms with Crippen LogP contribution in [0.15, 0.2) is 54.9 Å². The van der Waals surface area contributed by atoms with E-state index in [-0.39, 0.29) is 5.41 Å². The molecular formula is C37H39N8PS. The Balaban J connectivity index is 0.974. The van der Waals surface area contributed by atoms with Crippen LogP contribution in [0.1, 0.15) is 59.9 Å². The van der Waals surface area contributed by atoms with Crippen molar-refractivity contribution in [1.82, 2.24) is 19.4 Å². The fourth-order valence-electron chi connectivity index (χ4n) is 6.69. The molecule has 7 rings (SSSR count). The highest BCUT2D eigenvalue weighted by Gasteiger charge is 2.46. The molecule has 0 atom stereocenters. The first-order valence-corrected chi connectivity index (χ1v) is 17.8. The number of anilines is 2. The average molecular weight is 659 g/mol. The summed E-state index contributed by atoms with van der Waals surface area (Å²) in [6.45, 7) is 8.07. The van der Waals surface area contributed by atoms with Gasteiger partial charge in [-0.1, -0.05) is 34.0 Å². The van der Waals surface area contributed by atoms with Crippen LogP contribution < -0.4 is 10.6 Å². The summed E-state index contributed by atoms with van der Waals surface area (Å²) in [6.07, 6.45) is 7.43. The van der Waals surface area contributed by atoms with Crippen LogP contribution in [0.3, 0.4) is 0 Å². The van der Waals surface area contributed by atoms with Crippen molar-refractivity contribution in [2.75, 3.05) is 23.7 Å². The van der Waals surface area contributed by atoms with Gasteiger partial charge in [0.25, 0.3) is 0 Å². The quantitative estimate of drug-likeness (QED) is 0.140. The summed E-state index contributed by atoms with van der Waals surface area (Å²) in [4.78, 5) is 14.0. The third kappa shape index (κ3) is 6.36. The summed E-state index contributed by atoms with van der Waals surface area (Å²) in [5.41, 5.74) is 7.02. The molecule has 0 amide bonds. The summed E-state index contributed by atoms with van der Waals surface area (Å²) in [5, 5.41) is 28.8. The molecule has 4 heterocycles. The Bertz CT molecular complexity index is 2040. The van der Waals surface area contributed by atoms with Gasteiger partial charge in [0.15, 0.2) is 0 Å². The molecule has 0 radical (unpaired) electrons. The Kier molecular flexibility index (Phi) is 8.73. The lowest BCUT2D eigenvalue weighted by molar-refractivity contribution is 0.211. The average Bonchev–Trinajstić information content (AvgIpc) is 3.65. The molecule has 10 heteroatoms. The first-order valence-electron chi connectivity index (χ1n) is 16.5. The number of fused-ring (bicyclic) bond motifs is 2. The molecule has 2 N–H and O–H groups in total. The van der Waals surface area contributed by atoms with Crippen molar-refractivity contribution >= 4 is 58.2 Å². The Labute approximate surface area is 282 Å². The van der Waals surface area contributed by atoms with E-state index < -0.39 is 0 Å². The zero-order chi connectivity index (χ0) is 32.5. The second-order valence-electron chi connectivity index (χ2n) is 12.9. The second-order valence-corrected chi connectivity index (χ2v) is 14.5. The van der Waals surface area contributed by atoms with Gasteiger partial charge < -0.3 is 15.2 Å². The third-order valence-corrected chi connectivity index (χ3v) is 11.7. The van der Waals surface area contributed by atoms with Crippen LogP contribution in [0.25, 0.3) is 21.1 Å². The number of aryl methyl sites for hydroxylation is 4.